The second-order valence-corrected chi connectivity index (χ2v) is 9.12. The number of ether oxygens (including phenoxy) is 2. The lowest BCUT2D eigenvalue weighted by molar-refractivity contribution is -0.0168. The molecule has 1 aliphatic heterocycles. The fourth-order valence-electron chi connectivity index (χ4n) is 4.28. The molecule has 1 atom stereocenters. The van der Waals surface area contributed by atoms with E-state index in [2.05, 4.69) is 39.6 Å². The second-order valence-electron chi connectivity index (χ2n) is 9.12. The predicted molar refractivity (Wildman–Crippen MR) is 130 cm³/mol. The van der Waals surface area contributed by atoms with Crippen molar-refractivity contribution in [3.05, 3.63) is 77.9 Å². The van der Waals surface area contributed by atoms with Gasteiger partial charge in [0.25, 0.3) is 0 Å². The van der Waals surface area contributed by atoms with Crippen molar-refractivity contribution in [3.63, 3.8) is 0 Å². The third-order valence-corrected chi connectivity index (χ3v) is 6.37. The molecular weight excluding hydrogens is 414 g/mol. The van der Waals surface area contributed by atoms with Gasteiger partial charge in [-0.1, -0.05) is 29.8 Å². The van der Waals surface area contributed by atoms with Gasteiger partial charge in [-0.3, -0.25) is 4.90 Å². The van der Waals surface area contributed by atoms with Crippen LogP contribution in [0.5, 0.6) is 11.5 Å². The molecule has 2 heterocycles. The minimum atomic E-state index is -0.782. The van der Waals surface area contributed by atoms with Gasteiger partial charge in [-0.25, -0.2) is 4.98 Å². The van der Waals surface area contributed by atoms with Crippen LogP contribution in [0.2, 0.25) is 0 Å². The molecule has 1 fully saturated rings. The summed E-state index contributed by atoms with van der Waals surface area (Å²) in [5.41, 5.74) is 1.65. The first-order chi connectivity index (χ1) is 16.0. The van der Waals surface area contributed by atoms with Crippen LogP contribution in [0.15, 0.2) is 60.9 Å². The Kier molecular flexibility index (Phi) is 7.68. The quantitative estimate of drug-likeness (QED) is 0.526. The van der Waals surface area contributed by atoms with Crippen LogP contribution in [0, 0.1) is 13.8 Å². The van der Waals surface area contributed by atoms with E-state index in [1.807, 2.05) is 49.6 Å². The number of benzene rings is 2. The van der Waals surface area contributed by atoms with Gasteiger partial charge in [-0.05, 0) is 69.5 Å². The molecule has 1 aliphatic rings. The number of imidazole rings is 1. The second kappa shape index (κ2) is 10.9. The van der Waals surface area contributed by atoms with E-state index >= 15 is 0 Å². The number of aromatic nitrogens is 2. The van der Waals surface area contributed by atoms with Gasteiger partial charge in [0.05, 0.1) is 12.1 Å². The molecule has 1 unspecified atom stereocenters. The van der Waals surface area contributed by atoms with Crippen LogP contribution in [0.1, 0.15) is 36.2 Å². The highest BCUT2D eigenvalue weighted by Crippen LogP contribution is 2.25. The van der Waals surface area contributed by atoms with Gasteiger partial charge in [0.1, 0.15) is 30.5 Å². The van der Waals surface area contributed by atoms with Crippen LogP contribution in [0.25, 0.3) is 0 Å². The predicted octanol–water partition coefficient (Wildman–Crippen LogP) is 4.37. The van der Waals surface area contributed by atoms with Crippen molar-refractivity contribution in [2.24, 2.45) is 0 Å². The van der Waals surface area contributed by atoms with E-state index in [4.69, 9.17) is 9.47 Å². The maximum Gasteiger partial charge on any atom is 0.119 e. The molecule has 0 amide bonds. The lowest BCUT2D eigenvalue weighted by Crippen LogP contribution is -2.37. The molecule has 6 nitrogen and oxygen atoms in total. The van der Waals surface area contributed by atoms with Crippen LogP contribution in [-0.4, -0.2) is 51.5 Å². The summed E-state index contributed by atoms with van der Waals surface area (Å²) in [5, 5.41) is 11.1. The fourth-order valence-corrected chi connectivity index (χ4v) is 4.28. The average molecular weight is 450 g/mol. The summed E-state index contributed by atoms with van der Waals surface area (Å²) in [6.45, 7) is 8.45. The Morgan fingerprint density at radius 3 is 2.64 bits per heavy atom. The highest BCUT2D eigenvalue weighted by molar-refractivity contribution is 5.28. The third kappa shape index (κ3) is 6.83. The first-order valence-corrected chi connectivity index (χ1v) is 11.8. The first-order valence-electron chi connectivity index (χ1n) is 11.8. The summed E-state index contributed by atoms with van der Waals surface area (Å²) in [6, 6.07) is 16.3. The van der Waals surface area contributed by atoms with Gasteiger partial charge < -0.3 is 19.1 Å². The van der Waals surface area contributed by atoms with Gasteiger partial charge in [0, 0.05) is 25.5 Å². The van der Waals surface area contributed by atoms with Crippen molar-refractivity contribution in [1.82, 2.24) is 14.5 Å². The molecule has 2 aromatic carbocycles. The molecule has 4 rings (SSSR count). The van der Waals surface area contributed by atoms with Crippen LogP contribution in [0.4, 0.5) is 0 Å². The van der Waals surface area contributed by atoms with Crippen molar-refractivity contribution in [3.8, 4) is 11.5 Å². The molecule has 0 aliphatic carbocycles. The third-order valence-electron chi connectivity index (χ3n) is 6.37. The summed E-state index contributed by atoms with van der Waals surface area (Å²) in [5.74, 6) is 2.70. The molecule has 0 radical (unpaired) electrons. The topological polar surface area (TPSA) is 59.8 Å². The van der Waals surface area contributed by atoms with E-state index < -0.39 is 5.60 Å². The van der Waals surface area contributed by atoms with Gasteiger partial charge in [-0.15, -0.1) is 0 Å². The maximum atomic E-state index is 11.1. The minimum Gasteiger partial charge on any atom is -0.492 e. The number of rotatable bonds is 9. The Morgan fingerprint density at radius 1 is 1.00 bits per heavy atom. The summed E-state index contributed by atoms with van der Waals surface area (Å²) in [6.07, 6.45) is 6.20. The molecule has 176 valence electrons. The van der Waals surface area contributed by atoms with Crippen molar-refractivity contribution in [1.29, 1.82) is 0 Å². The van der Waals surface area contributed by atoms with Crippen LogP contribution in [-0.2, 0) is 13.1 Å². The highest BCUT2D eigenvalue weighted by atomic mass is 16.5. The van der Waals surface area contributed by atoms with E-state index in [-0.39, 0.29) is 0 Å². The molecule has 0 spiro atoms. The Bertz CT molecular complexity index is 1020. The smallest absolute Gasteiger partial charge is 0.119 e. The van der Waals surface area contributed by atoms with Gasteiger partial charge >= 0.3 is 0 Å². The number of likely N-dealkylation sites (tertiary alicyclic amines) is 1. The van der Waals surface area contributed by atoms with Crippen LogP contribution in [0.3, 0.4) is 0 Å². The van der Waals surface area contributed by atoms with Gasteiger partial charge in [-0.2, -0.15) is 0 Å². The number of nitrogens with zero attached hydrogens (tertiary/aromatic N) is 3. The summed E-state index contributed by atoms with van der Waals surface area (Å²) >= 11 is 0. The monoisotopic (exact) mass is 449 g/mol. The molecule has 6 heteroatoms. The van der Waals surface area contributed by atoms with Crippen LogP contribution < -0.4 is 9.47 Å². The zero-order valence-corrected chi connectivity index (χ0v) is 19.7. The SMILES string of the molecule is Cc1ccc(OCC2(O)CCCN(Cc3cccc(OCCn4ccnc4C)c3)CC2)cc1. The molecule has 0 saturated carbocycles. The number of aliphatic hydroxyl groups is 1. The molecular formula is C27H35N3O3. The lowest BCUT2D eigenvalue weighted by atomic mass is 9.96. The standard InChI is InChI=1S/C27H35N3O3/c1-22-7-9-25(10-8-22)33-21-27(31)11-4-14-29(15-12-27)20-24-5-3-6-26(19-24)32-18-17-30-16-13-28-23(30)2/h3,5-10,13,16,19,31H,4,11-12,14-15,17-18,20-21H2,1-2H3. The molecule has 1 aromatic heterocycles. The fraction of sp³-hybridized carbons (Fsp3) is 0.444. The van der Waals surface area contributed by atoms with E-state index in [1.165, 1.54) is 11.1 Å². The summed E-state index contributed by atoms with van der Waals surface area (Å²) in [7, 11) is 0. The molecule has 3 aromatic rings. The summed E-state index contributed by atoms with van der Waals surface area (Å²) < 4.78 is 14.0. The van der Waals surface area contributed by atoms with Crippen molar-refractivity contribution in [2.75, 3.05) is 26.3 Å². The van der Waals surface area contributed by atoms with Crippen molar-refractivity contribution >= 4 is 0 Å². The Morgan fingerprint density at radius 2 is 1.85 bits per heavy atom. The Balaban J connectivity index is 1.25. The number of hydrogen-bond acceptors (Lipinski definition) is 5. The van der Waals surface area contributed by atoms with E-state index in [9.17, 15) is 5.11 Å². The highest BCUT2D eigenvalue weighted by Gasteiger charge is 2.31. The zero-order chi connectivity index (χ0) is 23.1. The Labute approximate surface area is 196 Å². The molecule has 33 heavy (non-hydrogen) atoms. The van der Waals surface area contributed by atoms with Crippen molar-refractivity contribution < 1.29 is 14.6 Å². The van der Waals surface area contributed by atoms with Gasteiger partial charge in [0.2, 0.25) is 0 Å². The number of hydrogen-bond donors (Lipinski definition) is 1. The molecule has 1 saturated heterocycles. The first kappa shape index (κ1) is 23.3. The summed E-state index contributed by atoms with van der Waals surface area (Å²) in [4.78, 5) is 6.66. The molecule has 1 N–H and O–H groups in total. The lowest BCUT2D eigenvalue weighted by Gasteiger charge is -2.27. The van der Waals surface area contributed by atoms with Crippen molar-refractivity contribution in [2.45, 2.75) is 51.8 Å². The molecule has 0 bridgehead atoms. The normalized spacial score (nSPS) is 19.2. The van der Waals surface area contributed by atoms with E-state index in [0.29, 0.717) is 19.6 Å². The number of aryl methyl sites for hydroxylation is 2. The maximum absolute atomic E-state index is 11.1. The average Bonchev–Trinajstić information content (AvgIpc) is 3.12. The van der Waals surface area contributed by atoms with Gasteiger partial charge in [0.15, 0.2) is 0 Å². The zero-order valence-electron chi connectivity index (χ0n) is 19.7. The Hall–Kier alpha value is -2.83. The van der Waals surface area contributed by atoms with E-state index in [0.717, 1.165) is 56.3 Å². The largest absolute Gasteiger partial charge is 0.492 e. The minimum absolute atomic E-state index is 0.337. The van der Waals surface area contributed by atoms with Crippen LogP contribution >= 0.6 is 0 Å². The van der Waals surface area contributed by atoms with E-state index in [1.54, 1.807) is 0 Å².